The fourth-order valence-corrected chi connectivity index (χ4v) is 3.19. The summed E-state index contributed by atoms with van der Waals surface area (Å²) in [6.45, 7) is 5.17. The van der Waals surface area contributed by atoms with E-state index in [-0.39, 0.29) is 23.2 Å². The van der Waals surface area contributed by atoms with Crippen LogP contribution in [0.3, 0.4) is 0 Å². The summed E-state index contributed by atoms with van der Waals surface area (Å²) in [4.78, 5) is 37.4. The number of methoxy groups -OCH3 is 1. The summed E-state index contributed by atoms with van der Waals surface area (Å²) in [5.41, 5.74) is 0.494. The van der Waals surface area contributed by atoms with E-state index in [2.05, 4.69) is 25.7 Å². The van der Waals surface area contributed by atoms with E-state index < -0.39 is 29.3 Å². The number of rotatable bonds is 5. The molecule has 0 aliphatic carbocycles. The molecule has 11 heteroatoms. The van der Waals surface area contributed by atoms with Crippen LogP contribution in [0.2, 0.25) is 0 Å². The first kappa shape index (κ1) is 22.3. The summed E-state index contributed by atoms with van der Waals surface area (Å²) in [5, 5.41) is 16.1. The third-order valence-electron chi connectivity index (χ3n) is 2.92. The number of ether oxygens (including phenoxy) is 1. The van der Waals surface area contributed by atoms with E-state index in [1.165, 1.54) is 19.1 Å². The summed E-state index contributed by atoms with van der Waals surface area (Å²) in [6, 6.07) is 4.58. The lowest BCUT2D eigenvalue weighted by molar-refractivity contribution is -0.114. The fourth-order valence-electron chi connectivity index (χ4n) is 1.92. The number of carbonyl (C=O) groups excluding carboxylic acids is 2. The number of nitrogens with zero attached hydrogens (tertiary/aromatic N) is 1. The minimum absolute atomic E-state index is 0.214. The maximum atomic E-state index is 12.4. The molecule has 0 saturated heterocycles. The number of carbonyl (C=O) groups is 3. The van der Waals surface area contributed by atoms with Gasteiger partial charge in [-0.2, -0.15) is 0 Å². The van der Waals surface area contributed by atoms with Gasteiger partial charge in [-0.15, -0.1) is 4.99 Å². The van der Waals surface area contributed by atoms with Crippen LogP contribution in [0.1, 0.15) is 20.8 Å². The van der Waals surface area contributed by atoms with Gasteiger partial charge in [0.2, 0.25) is 11.9 Å². The van der Waals surface area contributed by atoms with Gasteiger partial charge in [0.25, 0.3) is 0 Å². The van der Waals surface area contributed by atoms with Gasteiger partial charge >= 0.3 is 12.2 Å². The zero-order chi connectivity index (χ0) is 20.6. The lowest BCUT2D eigenvalue weighted by Crippen LogP contribution is -2.36. The highest BCUT2D eigenvalue weighted by Gasteiger charge is 2.18. The lowest BCUT2D eigenvalue weighted by atomic mass is 10.2. The maximum absolute atomic E-state index is 12.4. The normalized spacial score (nSPS) is 12.3. The molecule has 0 saturated carbocycles. The van der Waals surface area contributed by atoms with Crippen molar-refractivity contribution in [1.82, 2.24) is 5.32 Å². The molecule has 3 amide bonds. The number of anilines is 2. The number of nitrogens with one attached hydrogen (secondary N) is 3. The molecule has 0 radical (unpaired) electrons. The molecular formula is C16H22N4O6S. The van der Waals surface area contributed by atoms with Gasteiger partial charge in [0, 0.05) is 13.0 Å². The molecule has 1 atom stereocenters. The van der Waals surface area contributed by atoms with Crippen molar-refractivity contribution < 1.29 is 28.8 Å². The van der Waals surface area contributed by atoms with Gasteiger partial charge in [-0.25, -0.2) is 9.59 Å². The topological polar surface area (TPSA) is 152 Å². The molecule has 27 heavy (non-hydrogen) atoms. The van der Waals surface area contributed by atoms with Crippen molar-refractivity contribution in [1.29, 1.82) is 0 Å². The largest absolute Gasteiger partial charge is 0.611 e. The highest BCUT2D eigenvalue weighted by atomic mass is 32.2. The van der Waals surface area contributed by atoms with Gasteiger partial charge in [0.1, 0.15) is 5.75 Å². The number of aliphatic imine (C=N–C) groups is 1. The van der Waals surface area contributed by atoms with Crippen LogP contribution in [0.25, 0.3) is 0 Å². The predicted molar refractivity (Wildman–Crippen MR) is 101 cm³/mol. The van der Waals surface area contributed by atoms with E-state index in [0.29, 0.717) is 10.6 Å². The van der Waals surface area contributed by atoms with Crippen LogP contribution in [0.5, 0.6) is 0 Å². The van der Waals surface area contributed by atoms with Crippen molar-refractivity contribution in [2.45, 2.75) is 25.7 Å². The number of hydrogen-bond acceptors (Lipinski definition) is 5. The molecule has 0 spiro atoms. The van der Waals surface area contributed by atoms with Gasteiger partial charge < -0.3 is 25.0 Å². The van der Waals surface area contributed by atoms with Crippen LogP contribution in [0, 0.1) is 5.92 Å². The van der Waals surface area contributed by atoms with Crippen LogP contribution in [-0.2, 0) is 20.7 Å². The quantitative estimate of drug-likeness (QED) is 0.337. The van der Waals surface area contributed by atoms with E-state index in [9.17, 15) is 18.9 Å². The fraction of sp³-hybridized carbons (Fsp3) is 0.375. The van der Waals surface area contributed by atoms with Crippen molar-refractivity contribution in [2.24, 2.45) is 10.9 Å². The first-order valence-corrected chi connectivity index (χ1v) is 9.17. The summed E-state index contributed by atoms with van der Waals surface area (Å²) in [6.07, 6.45) is -2.48. The molecule has 1 aromatic carbocycles. The van der Waals surface area contributed by atoms with Gasteiger partial charge in [-0.1, -0.05) is 13.8 Å². The van der Waals surface area contributed by atoms with Gasteiger partial charge in [0.05, 0.1) is 18.5 Å². The molecule has 10 nitrogen and oxygen atoms in total. The van der Waals surface area contributed by atoms with Crippen molar-refractivity contribution >= 4 is 46.6 Å². The molecule has 1 rings (SSSR count). The number of amides is 3. The smallest absolute Gasteiger partial charge is 0.434 e. The van der Waals surface area contributed by atoms with Crippen LogP contribution < -0.4 is 16.0 Å². The van der Waals surface area contributed by atoms with E-state index in [4.69, 9.17) is 5.11 Å². The summed E-state index contributed by atoms with van der Waals surface area (Å²) in [5.74, 6) is -0.145. The molecule has 0 aliphatic rings. The third-order valence-corrected chi connectivity index (χ3v) is 4.66. The van der Waals surface area contributed by atoms with Crippen molar-refractivity contribution in [3.63, 3.8) is 0 Å². The summed E-state index contributed by atoms with van der Waals surface area (Å²) in [7, 11) is 1.11. The minimum Gasteiger partial charge on any atom is -0.611 e. The first-order valence-electron chi connectivity index (χ1n) is 7.86. The molecule has 0 bridgehead atoms. The average molecular weight is 398 g/mol. The van der Waals surface area contributed by atoms with E-state index in [0.717, 1.165) is 7.11 Å². The number of hydrogen-bond donors (Lipinski definition) is 4. The minimum atomic E-state index is -1.55. The highest BCUT2D eigenvalue weighted by molar-refractivity contribution is 7.91. The Hall–Kier alpha value is -2.79. The lowest BCUT2D eigenvalue weighted by Gasteiger charge is -2.17. The Labute approximate surface area is 159 Å². The molecule has 0 aliphatic heterocycles. The Bertz CT molecular complexity index is 738. The van der Waals surface area contributed by atoms with E-state index in [1.54, 1.807) is 6.07 Å². The molecule has 0 fully saturated rings. The zero-order valence-electron chi connectivity index (χ0n) is 15.4. The summed E-state index contributed by atoms with van der Waals surface area (Å²) < 4.78 is 16.8. The highest BCUT2D eigenvalue weighted by Crippen LogP contribution is 2.27. The molecule has 0 aromatic heterocycles. The Morgan fingerprint density at radius 1 is 1.26 bits per heavy atom. The van der Waals surface area contributed by atoms with Crippen molar-refractivity contribution in [2.75, 3.05) is 23.5 Å². The predicted octanol–water partition coefficient (Wildman–Crippen LogP) is 2.21. The first-order chi connectivity index (χ1) is 12.6. The molecule has 1 aromatic rings. The Kier molecular flexibility index (Phi) is 8.56. The number of benzene rings is 1. The second-order valence-corrected chi connectivity index (χ2v) is 7.27. The number of alkyl carbamates (subject to hydrolysis) is 1. The van der Waals surface area contributed by atoms with Crippen molar-refractivity contribution in [3.8, 4) is 0 Å². The molecule has 4 N–H and O–H groups in total. The molecule has 148 valence electrons. The second kappa shape index (κ2) is 10.4. The van der Waals surface area contributed by atoms with Crippen LogP contribution in [0.4, 0.5) is 21.0 Å². The van der Waals surface area contributed by atoms with Crippen LogP contribution >= 0.6 is 0 Å². The number of guanidine groups is 1. The van der Waals surface area contributed by atoms with Gasteiger partial charge in [0.15, 0.2) is 4.90 Å². The van der Waals surface area contributed by atoms with Gasteiger partial charge in [-0.05, 0) is 29.2 Å². The second-order valence-electron chi connectivity index (χ2n) is 5.78. The third kappa shape index (κ3) is 7.96. The van der Waals surface area contributed by atoms with E-state index >= 15 is 0 Å². The molecular weight excluding hydrogens is 376 g/mol. The average Bonchev–Trinajstić information content (AvgIpc) is 2.54. The van der Waals surface area contributed by atoms with Crippen LogP contribution in [0.15, 0.2) is 28.1 Å². The Morgan fingerprint density at radius 3 is 2.44 bits per heavy atom. The maximum Gasteiger partial charge on any atom is 0.434 e. The number of carboxylic acid groups (broad SMARTS) is 1. The molecule has 0 heterocycles. The zero-order valence-corrected chi connectivity index (χ0v) is 16.2. The Balaban J connectivity index is 3.21. The van der Waals surface area contributed by atoms with Gasteiger partial charge in [-0.3, -0.25) is 10.1 Å². The molecule has 1 unspecified atom stereocenters. The van der Waals surface area contributed by atoms with E-state index in [1.807, 2.05) is 13.8 Å². The Morgan fingerprint density at radius 2 is 1.93 bits per heavy atom. The standard InChI is InChI=1S/C16H22N4O6S/c1-9(2)8-27(25)11-5-6-12(13(7-11)17-10(3)21)18-14(19-15(22)23)20-16(24)26-4/h5-7,9H,8H2,1-4H3,(H,17,21)(H,22,23)(H2,18,19,20,24). The van der Waals surface area contributed by atoms with Crippen LogP contribution in [-0.4, -0.2) is 46.6 Å². The summed E-state index contributed by atoms with van der Waals surface area (Å²) >= 11 is -1.27. The monoisotopic (exact) mass is 398 g/mol. The SMILES string of the molecule is COC(=O)N/C(=N/C(=O)O)Nc1ccc([S+]([O-])CC(C)C)cc1NC(C)=O. The van der Waals surface area contributed by atoms with Crippen molar-refractivity contribution in [3.05, 3.63) is 18.2 Å².